The van der Waals surface area contributed by atoms with Crippen molar-refractivity contribution in [1.29, 1.82) is 0 Å². The fourth-order valence-corrected chi connectivity index (χ4v) is 3.44. The van der Waals surface area contributed by atoms with Crippen molar-refractivity contribution in [2.75, 3.05) is 0 Å². The first kappa shape index (κ1) is 17.0. The van der Waals surface area contributed by atoms with E-state index in [1.54, 1.807) is 0 Å². The average molecular weight is 303 g/mol. The highest BCUT2D eigenvalue weighted by atomic mass is 16.5. The molecule has 0 spiro atoms. The molecule has 1 fully saturated rings. The molecule has 1 aromatic carbocycles. The summed E-state index contributed by atoms with van der Waals surface area (Å²) < 4.78 is 5.81. The van der Waals surface area contributed by atoms with E-state index < -0.39 is 6.04 Å². The first-order valence-corrected chi connectivity index (χ1v) is 8.47. The summed E-state index contributed by atoms with van der Waals surface area (Å²) in [5, 5.41) is 0. The molecule has 4 atom stereocenters. The molecule has 2 N–H and O–H groups in total. The average Bonchev–Trinajstić information content (AvgIpc) is 2.48. The highest BCUT2D eigenvalue weighted by Crippen LogP contribution is 2.35. The molecule has 0 aromatic heterocycles. The van der Waals surface area contributed by atoms with Gasteiger partial charge < -0.3 is 10.5 Å². The molecule has 22 heavy (non-hydrogen) atoms. The number of rotatable bonds is 5. The summed E-state index contributed by atoms with van der Waals surface area (Å²) in [6.07, 6.45) is 3.90. The Kier molecular flexibility index (Phi) is 6.01. The van der Waals surface area contributed by atoms with Crippen molar-refractivity contribution in [2.24, 2.45) is 23.5 Å². The maximum atomic E-state index is 12.3. The van der Waals surface area contributed by atoms with Gasteiger partial charge in [0.2, 0.25) is 0 Å². The topological polar surface area (TPSA) is 52.3 Å². The van der Waals surface area contributed by atoms with Crippen LogP contribution >= 0.6 is 0 Å². The smallest absolute Gasteiger partial charge is 0.323 e. The summed E-state index contributed by atoms with van der Waals surface area (Å²) in [6, 6.07) is 9.30. The number of nitrogens with two attached hydrogens (primary N) is 1. The van der Waals surface area contributed by atoms with E-state index in [1.807, 2.05) is 30.3 Å². The Bertz CT molecular complexity index is 472. The van der Waals surface area contributed by atoms with Crippen LogP contribution in [0.15, 0.2) is 30.3 Å². The van der Waals surface area contributed by atoms with E-state index in [4.69, 9.17) is 10.5 Å². The van der Waals surface area contributed by atoms with E-state index in [-0.39, 0.29) is 12.1 Å². The molecule has 2 rings (SSSR count). The van der Waals surface area contributed by atoms with Gasteiger partial charge in [0.25, 0.3) is 0 Å². The van der Waals surface area contributed by atoms with Gasteiger partial charge in [-0.05, 0) is 42.6 Å². The van der Waals surface area contributed by atoms with E-state index in [1.165, 1.54) is 6.42 Å². The van der Waals surface area contributed by atoms with Crippen LogP contribution in [0, 0.1) is 17.8 Å². The number of hydrogen-bond acceptors (Lipinski definition) is 3. The molecular weight excluding hydrogens is 274 g/mol. The molecule has 1 aliphatic carbocycles. The van der Waals surface area contributed by atoms with Crippen molar-refractivity contribution in [2.45, 2.75) is 58.6 Å². The number of carbonyl (C=O) groups is 1. The monoisotopic (exact) mass is 303 g/mol. The lowest BCUT2D eigenvalue weighted by Crippen LogP contribution is -2.41. The molecule has 4 unspecified atom stereocenters. The highest BCUT2D eigenvalue weighted by molar-refractivity contribution is 5.76. The van der Waals surface area contributed by atoms with Gasteiger partial charge in [0.1, 0.15) is 12.1 Å². The van der Waals surface area contributed by atoms with Crippen LogP contribution in [-0.2, 0) is 16.0 Å². The standard InChI is InChI=1S/C19H29NO2/c1-13(2)16-10-9-14(3)11-18(16)22-19(21)17(20)12-15-7-5-4-6-8-15/h4-8,13-14,16-18H,9-12,20H2,1-3H3. The fourth-order valence-electron chi connectivity index (χ4n) is 3.44. The Morgan fingerprint density at radius 1 is 1.27 bits per heavy atom. The Morgan fingerprint density at radius 2 is 1.95 bits per heavy atom. The molecule has 0 bridgehead atoms. The van der Waals surface area contributed by atoms with E-state index in [0.29, 0.717) is 24.2 Å². The number of ether oxygens (including phenoxy) is 1. The predicted molar refractivity (Wildman–Crippen MR) is 89.3 cm³/mol. The molecule has 1 saturated carbocycles. The predicted octanol–water partition coefficient (Wildman–Crippen LogP) is 3.56. The molecule has 122 valence electrons. The van der Waals surface area contributed by atoms with Crippen LogP contribution in [0.5, 0.6) is 0 Å². The van der Waals surface area contributed by atoms with Gasteiger partial charge in [0.15, 0.2) is 0 Å². The Hall–Kier alpha value is -1.35. The zero-order valence-electron chi connectivity index (χ0n) is 14.0. The van der Waals surface area contributed by atoms with Crippen molar-refractivity contribution in [3.05, 3.63) is 35.9 Å². The maximum Gasteiger partial charge on any atom is 0.323 e. The first-order valence-electron chi connectivity index (χ1n) is 8.47. The first-order chi connectivity index (χ1) is 10.5. The lowest BCUT2D eigenvalue weighted by molar-refractivity contribution is -0.157. The summed E-state index contributed by atoms with van der Waals surface area (Å²) in [7, 11) is 0. The molecule has 1 aromatic rings. The van der Waals surface area contributed by atoms with Gasteiger partial charge in [-0.2, -0.15) is 0 Å². The van der Waals surface area contributed by atoms with E-state index in [2.05, 4.69) is 20.8 Å². The molecule has 0 radical (unpaired) electrons. The summed E-state index contributed by atoms with van der Waals surface area (Å²) in [4.78, 5) is 12.3. The third-order valence-electron chi connectivity index (χ3n) is 4.83. The van der Waals surface area contributed by atoms with Crippen molar-refractivity contribution >= 4 is 5.97 Å². The summed E-state index contributed by atoms with van der Waals surface area (Å²) in [5.74, 6) is 1.37. The van der Waals surface area contributed by atoms with Crippen LogP contribution < -0.4 is 5.73 Å². The largest absolute Gasteiger partial charge is 0.461 e. The van der Waals surface area contributed by atoms with Gasteiger partial charge >= 0.3 is 5.97 Å². The lowest BCUT2D eigenvalue weighted by atomic mass is 9.75. The van der Waals surface area contributed by atoms with Crippen LogP contribution in [0.2, 0.25) is 0 Å². The molecular formula is C19H29NO2. The van der Waals surface area contributed by atoms with Gasteiger partial charge in [0, 0.05) is 0 Å². The van der Waals surface area contributed by atoms with Crippen molar-refractivity contribution in [3.63, 3.8) is 0 Å². The zero-order valence-corrected chi connectivity index (χ0v) is 14.0. The summed E-state index contributed by atoms with van der Waals surface area (Å²) in [5.41, 5.74) is 7.12. The molecule has 1 aliphatic rings. The van der Waals surface area contributed by atoms with Crippen LogP contribution in [0.4, 0.5) is 0 Å². The molecule has 3 heteroatoms. The normalized spacial score (nSPS) is 26.7. The van der Waals surface area contributed by atoms with Gasteiger partial charge in [-0.15, -0.1) is 0 Å². The van der Waals surface area contributed by atoms with Crippen molar-refractivity contribution in [1.82, 2.24) is 0 Å². The zero-order chi connectivity index (χ0) is 16.1. The molecule has 3 nitrogen and oxygen atoms in total. The Morgan fingerprint density at radius 3 is 2.59 bits per heavy atom. The third-order valence-corrected chi connectivity index (χ3v) is 4.83. The molecule has 0 heterocycles. The van der Waals surface area contributed by atoms with Gasteiger partial charge in [-0.25, -0.2) is 0 Å². The second kappa shape index (κ2) is 7.77. The van der Waals surface area contributed by atoms with Crippen molar-refractivity contribution in [3.8, 4) is 0 Å². The van der Waals surface area contributed by atoms with Crippen LogP contribution in [0.25, 0.3) is 0 Å². The van der Waals surface area contributed by atoms with Gasteiger partial charge in [-0.1, -0.05) is 57.5 Å². The van der Waals surface area contributed by atoms with Crippen LogP contribution in [-0.4, -0.2) is 18.1 Å². The quantitative estimate of drug-likeness (QED) is 0.846. The van der Waals surface area contributed by atoms with Crippen molar-refractivity contribution < 1.29 is 9.53 Å². The SMILES string of the molecule is CC1CCC(C(C)C)C(OC(=O)C(N)Cc2ccccc2)C1. The maximum absolute atomic E-state index is 12.3. The minimum atomic E-state index is -0.576. The third kappa shape index (κ3) is 4.57. The summed E-state index contributed by atoms with van der Waals surface area (Å²) >= 11 is 0. The minimum absolute atomic E-state index is 0.0260. The van der Waals surface area contributed by atoms with Crippen LogP contribution in [0.3, 0.4) is 0 Å². The van der Waals surface area contributed by atoms with Crippen LogP contribution in [0.1, 0.15) is 45.6 Å². The number of carbonyl (C=O) groups excluding carboxylic acids is 1. The summed E-state index contributed by atoms with van der Waals surface area (Å²) in [6.45, 7) is 6.66. The highest BCUT2D eigenvalue weighted by Gasteiger charge is 2.34. The fraction of sp³-hybridized carbons (Fsp3) is 0.632. The van der Waals surface area contributed by atoms with Gasteiger partial charge in [0.05, 0.1) is 0 Å². The van der Waals surface area contributed by atoms with E-state index in [0.717, 1.165) is 18.4 Å². The number of hydrogen-bond donors (Lipinski definition) is 1. The van der Waals surface area contributed by atoms with E-state index in [9.17, 15) is 4.79 Å². The van der Waals surface area contributed by atoms with E-state index >= 15 is 0 Å². The molecule has 0 amide bonds. The Balaban J connectivity index is 1.94. The Labute approximate surface area is 134 Å². The number of esters is 1. The minimum Gasteiger partial charge on any atom is -0.461 e. The molecule has 0 aliphatic heterocycles. The second-order valence-corrected chi connectivity index (χ2v) is 7.10. The second-order valence-electron chi connectivity index (χ2n) is 7.10. The molecule has 0 saturated heterocycles. The lowest BCUT2D eigenvalue weighted by Gasteiger charge is -2.37. The van der Waals surface area contributed by atoms with Gasteiger partial charge in [-0.3, -0.25) is 4.79 Å². The number of benzene rings is 1.